The van der Waals surface area contributed by atoms with Crippen LogP contribution in [0.3, 0.4) is 0 Å². The highest BCUT2D eigenvalue weighted by atomic mass is 127. The van der Waals surface area contributed by atoms with E-state index in [2.05, 4.69) is 93.8 Å². The van der Waals surface area contributed by atoms with Crippen molar-refractivity contribution in [1.29, 1.82) is 0 Å². The Bertz CT molecular complexity index is 439. The molecule has 15 heavy (non-hydrogen) atoms. The van der Waals surface area contributed by atoms with Crippen molar-refractivity contribution < 1.29 is 0 Å². The Morgan fingerprint density at radius 2 is 1.87 bits per heavy atom. The van der Waals surface area contributed by atoms with E-state index in [0.717, 1.165) is 6.42 Å². The maximum atomic E-state index is 2.34. The van der Waals surface area contributed by atoms with Crippen molar-refractivity contribution in [3.8, 4) is 0 Å². The lowest BCUT2D eigenvalue weighted by Crippen LogP contribution is -1.86. The molecule has 2 aliphatic carbocycles. The van der Waals surface area contributed by atoms with Crippen molar-refractivity contribution in [2.45, 2.75) is 6.42 Å². The van der Waals surface area contributed by atoms with Crippen LogP contribution in [0.25, 0.3) is 0 Å². The van der Waals surface area contributed by atoms with Gasteiger partial charge in [0, 0.05) is 0 Å². The quantitative estimate of drug-likeness (QED) is 0.524. The highest BCUT2D eigenvalue weighted by Gasteiger charge is 2.08. The van der Waals surface area contributed by atoms with Gasteiger partial charge in [-0.25, -0.2) is 0 Å². The van der Waals surface area contributed by atoms with Crippen LogP contribution >= 0.6 is 45.2 Å². The maximum absolute atomic E-state index is 2.34. The molecule has 2 bridgehead atoms. The Morgan fingerprint density at radius 1 is 1.07 bits per heavy atom. The first-order valence-electron chi connectivity index (χ1n) is 4.73. The van der Waals surface area contributed by atoms with E-state index in [1.165, 1.54) is 18.3 Å². The molecule has 0 nitrogen and oxygen atoms in total. The molecule has 0 aliphatic heterocycles. The van der Waals surface area contributed by atoms with Crippen molar-refractivity contribution >= 4 is 45.2 Å². The molecule has 0 aromatic carbocycles. The molecule has 0 radical (unpaired) electrons. The van der Waals surface area contributed by atoms with E-state index in [4.69, 9.17) is 0 Å². The summed E-state index contributed by atoms with van der Waals surface area (Å²) < 4.78 is 1.28. The summed E-state index contributed by atoms with van der Waals surface area (Å²) in [6.45, 7) is 0. The summed E-state index contributed by atoms with van der Waals surface area (Å²) in [6.07, 6.45) is 18.4. The van der Waals surface area contributed by atoms with E-state index in [-0.39, 0.29) is 0 Å². The minimum absolute atomic E-state index is 1.03. The van der Waals surface area contributed by atoms with Gasteiger partial charge >= 0.3 is 0 Å². The van der Waals surface area contributed by atoms with E-state index in [0.29, 0.717) is 0 Å². The lowest BCUT2D eigenvalue weighted by Gasteiger charge is -2.05. The van der Waals surface area contributed by atoms with Gasteiger partial charge in [-0.3, -0.25) is 0 Å². The van der Waals surface area contributed by atoms with Gasteiger partial charge in [-0.1, -0.05) is 42.5 Å². The molecule has 0 aromatic rings. The minimum atomic E-state index is 1.03. The first-order valence-corrected chi connectivity index (χ1v) is 6.89. The molecule has 0 N–H and O–H groups in total. The zero-order chi connectivity index (χ0) is 10.7. The third-order valence-corrected chi connectivity index (χ3v) is 2.96. The Kier molecular flexibility index (Phi) is 4.02. The molecule has 0 saturated carbocycles. The van der Waals surface area contributed by atoms with Crippen molar-refractivity contribution in [2.75, 3.05) is 0 Å². The molecule has 0 fully saturated rings. The van der Waals surface area contributed by atoms with Gasteiger partial charge in [-0.2, -0.15) is 0 Å². The number of fused-ring (bicyclic) bond motifs is 2. The third-order valence-electron chi connectivity index (χ3n) is 2.33. The van der Waals surface area contributed by atoms with Crippen LogP contribution in [0, 0.1) is 0 Å². The zero-order valence-corrected chi connectivity index (χ0v) is 12.4. The minimum Gasteiger partial charge on any atom is -0.0620 e. The summed E-state index contributed by atoms with van der Waals surface area (Å²) in [4.78, 5) is 0. The van der Waals surface area contributed by atoms with Crippen molar-refractivity contribution in [2.24, 2.45) is 0 Å². The third kappa shape index (κ3) is 3.17. The molecule has 2 aliphatic rings. The van der Waals surface area contributed by atoms with Crippen molar-refractivity contribution in [3.05, 3.63) is 66.9 Å². The average Bonchev–Trinajstić information content (AvgIpc) is 2.50. The molecule has 0 atom stereocenters. The summed E-state index contributed by atoms with van der Waals surface area (Å²) in [7, 11) is 0. The first-order chi connectivity index (χ1) is 7.25. The summed E-state index contributed by atoms with van der Waals surface area (Å²) >= 11 is 4.68. The predicted molar refractivity (Wildman–Crippen MR) is 83.3 cm³/mol. The van der Waals surface area contributed by atoms with Gasteiger partial charge in [0.2, 0.25) is 0 Å². The van der Waals surface area contributed by atoms with Crippen LogP contribution in [0.5, 0.6) is 0 Å². The molecule has 76 valence electrons. The van der Waals surface area contributed by atoms with Crippen LogP contribution < -0.4 is 0 Å². The topological polar surface area (TPSA) is 0 Å². The molecule has 0 aromatic heterocycles. The van der Waals surface area contributed by atoms with Crippen LogP contribution in [0.1, 0.15) is 6.42 Å². The van der Waals surface area contributed by atoms with Gasteiger partial charge in [0.1, 0.15) is 0 Å². The van der Waals surface area contributed by atoms with Gasteiger partial charge < -0.3 is 0 Å². The first kappa shape index (κ1) is 11.4. The molecule has 0 saturated heterocycles. The average molecular weight is 420 g/mol. The second kappa shape index (κ2) is 5.30. The summed E-state index contributed by atoms with van der Waals surface area (Å²) in [5, 5.41) is 0. The number of halogens is 2. The molecule has 2 heteroatoms. The van der Waals surface area contributed by atoms with E-state index in [1.807, 2.05) is 0 Å². The molecular weight excluding hydrogens is 410 g/mol. The van der Waals surface area contributed by atoms with Gasteiger partial charge in [-0.05, 0) is 74.4 Å². The van der Waals surface area contributed by atoms with Crippen molar-refractivity contribution in [3.63, 3.8) is 0 Å². The smallest absolute Gasteiger partial charge is 0.0520 e. The van der Waals surface area contributed by atoms with Gasteiger partial charge in [0.25, 0.3) is 0 Å². The molecular formula is C13H10I2. The molecule has 0 unspecified atom stereocenters. The fraction of sp³-hybridized carbons (Fsp3) is 0.0769. The van der Waals surface area contributed by atoms with E-state index >= 15 is 0 Å². The lowest BCUT2D eigenvalue weighted by atomic mass is 10.0. The summed E-state index contributed by atoms with van der Waals surface area (Å²) in [6, 6.07) is 0. The van der Waals surface area contributed by atoms with E-state index < -0.39 is 0 Å². The normalized spacial score (nSPS) is 18.4. The Morgan fingerprint density at radius 3 is 2.67 bits per heavy atom. The fourth-order valence-corrected chi connectivity index (χ4v) is 2.31. The molecule has 0 spiro atoms. The van der Waals surface area contributed by atoms with Crippen LogP contribution in [0.15, 0.2) is 66.9 Å². The molecule has 2 rings (SSSR count). The summed E-state index contributed by atoms with van der Waals surface area (Å²) in [5.74, 6) is 0. The predicted octanol–water partition coefficient (Wildman–Crippen LogP) is 5.01. The van der Waals surface area contributed by atoms with Crippen LogP contribution in [0.4, 0.5) is 0 Å². The highest BCUT2D eigenvalue weighted by Crippen LogP contribution is 2.29. The number of allylic oxidation sites excluding steroid dienone is 11. The number of hydrogen-bond donors (Lipinski definition) is 0. The van der Waals surface area contributed by atoms with Gasteiger partial charge in [0.15, 0.2) is 0 Å². The zero-order valence-electron chi connectivity index (χ0n) is 8.08. The van der Waals surface area contributed by atoms with Gasteiger partial charge in [-0.15, -0.1) is 0 Å². The Labute approximate surface area is 117 Å². The van der Waals surface area contributed by atoms with Crippen LogP contribution in [-0.2, 0) is 0 Å². The van der Waals surface area contributed by atoms with E-state index in [1.54, 1.807) is 0 Å². The van der Waals surface area contributed by atoms with Crippen LogP contribution in [-0.4, -0.2) is 0 Å². The fourth-order valence-electron chi connectivity index (χ4n) is 1.64. The molecule has 0 amide bonds. The van der Waals surface area contributed by atoms with Crippen LogP contribution in [0.2, 0.25) is 0 Å². The summed E-state index contributed by atoms with van der Waals surface area (Å²) in [5.41, 5.74) is 4.09. The maximum Gasteiger partial charge on any atom is 0.0520 e. The number of hydrogen-bond acceptors (Lipinski definition) is 0. The van der Waals surface area contributed by atoms with Crippen molar-refractivity contribution in [1.82, 2.24) is 0 Å². The van der Waals surface area contributed by atoms with Gasteiger partial charge in [0.05, 0.1) is 1.59 Å². The SMILES string of the molecule is IC(I)=CC1=CC=CC2=CC=CC=C1C2. The van der Waals surface area contributed by atoms with E-state index in [9.17, 15) is 0 Å². The largest absolute Gasteiger partial charge is 0.0620 e. The second-order valence-corrected chi connectivity index (χ2v) is 7.80. The number of rotatable bonds is 1. The standard InChI is InChI=1S/C13H10I2/c14-13(15)9-12-7-3-5-10-4-1-2-6-11(12)8-10/h1-7,9H,8H2. The Balaban J connectivity index is 2.42. The lowest BCUT2D eigenvalue weighted by molar-refractivity contribution is 1.20. The second-order valence-electron chi connectivity index (χ2n) is 3.41. The monoisotopic (exact) mass is 420 g/mol. The Hall–Kier alpha value is -0.1000. The molecule has 0 heterocycles. The highest BCUT2D eigenvalue weighted by molar-refractivity contribution is 14.2.